The van der Waals surface area contributed by atoms with Crippen molar-refractivity contribution < 1.29 is 14.6 Å². The van der Waals surface area contributed by atoms with E-state index < -0.39 is 15.4 Å². The third kappa shape index (κ3) is 5.31. The first-order valence-electron chi connectivity index (χ1n) is 10.2. The van der Waals surface area contributed by atoms with E-state index in [4.69, 9.17) is 4.74 Å². The highest BCUT2D eigenvalue weighted by molar-refractivity contribution is 9.10. The molecule has 13 heteroatoms. The smallest absolute Gasteiger partial charge is 0.312 e. The van der Waals surface area contributed by atoms with Gasteiger partial charge in [0.25, 0.3) is 11.2 Å². The van der Waals surface area contributed by atoms with E-state index >= 15 is 0 Å². The van der Waals surface area contributed by atoms with Crippen LogP contribution in [0.3, 0.4) is 0 Å². The molecule has 0 saturated carbocycles. The van der Waals surface area contributed by atoms with Crippen molar-refractivity contribution in [2.24, 2.45) is 5.10 Å². The Bertz CT molecular complexity index is 1600. The van der Waals surface area contributed by atoms with E-state index in [-0.39, 0.29) is 29.3 Å². The van der Waals surface area contributed by atoms with Crippen LogP contribution in [0.4, 0.5) is 11.4 Å². The molecule has 0 spiro atoms. The average Bonchev–Trinajstić information content (AvgIpc) is 2.83. The number of halogens is 2. The summed E-state index contributed by atoms with van der Waals surface area (Å²) in [6, 6.07) is 13.6. The summed E-state index contributed by atoms with van der Waals surface area (Å²) >= 11 is 6.60. The van der Waals surface area contributed by atoms with Crippen LogP contribution in [0.2, 0.25) is 0 Å². The van der Waals surface area contributed by atoms with Crippen molar-refractivity contribution in [3.8, 4) is 5.75 Å². The predicted molar refractivity (Wildman–Crippen MR) is 140 cm³/mol. The lowest BCUT2D eigenvalue weighted by atomic mass is 10.1. The molecule has 3 aromatic carbocycles. The lowest BCUT2D eigenvalue weighted by Crippen LogP contribution is -2.20. The molecular weight excluding hydrogens is 602 g/mol. The Morgan fingerprint density at radius 2 is 1.75 bits per heavy atom. The number of nitro groups is 2. The normalized spacial score (nSPS) is 11.2. The fourth-order valence-corrected chi connectivity index (χ4v) is 4.20. The highest BCUT2D eigenvalue weighted by Crippen LogP contribution is 2.34. The molecular formula is C23H15Br2N5O6. The highest BCUT2D eigenvalue weighted by Gasteiger charge is 2.21. The van der Waals surface area contributed by atoms with Gasteiger partial charge in [0.15, 0.2) is 0 Å². The van der Waals surface area contributed by atoms with Gasteiger partial charge in [-0.3, -0.25) is 25.0 Å². The van der Waals surface area contributed by atoms with Crippen LogP contribution in [0.25, 0.3) is 10.9 Å². The number of aryl methyl sites for hydroxylation is 1. The number of fused-ring (bicyclic) bond motifs is 1. The van der Waals surface area contributed by atoms with Crippen molar-refractivity contribution in [1.82, 2.24) is 9.66 Å². The second-order valence-electron chi connectivity index (χ2n) is 7.49. The molecule has 11 nitrogen and oxygen atoms in total. The third-order valence-electron chi connectivity index (χ3n) is 5.07. The van der Waals surface area contributed by atoms with E-state index in [9.17, 15) is 25.0 Å². The number of rotatable bonds is 7. The molecule has 0 saturated heterocycles. The van der Waals surface area contributed by atoms with Crippen LogP contribution < -0.4 is 10.3 Å². The molecule has 1 heterocycles. The molecule has 0 atom stereocenters. The van der Waals surface area contributed by atoms with Crippen LogP contribution in [0.15, 0.2) is 73.4 Å². The van der Waals surface area contributed by atoms with Gasteiger partial charge in [0.1, 0.15) is 12.4 Å². The number of benzene rings is 3. The molecule has 0 unspecified atom stereocenters. The Morgan fingerprint density at radius 3 is 2.42 bits per heavy atom. The molecule has 36 heavy (non-hydrogen) atoms. The van der Waals surface area contributed by atoms with Crippen LogP contribution in [0.1, 0.15) is 17.0 Å². The van der Waals surface area contributed by atoms with E-state index in [1.165, 1.54) is 36.5 Å². The van der Waals surface area contributed by atoms with E-state index in [1.54, 1.807) is 31.2 Å². The van der Waals surface area contributed by atoms with Gasteiger partial charge in [0.05, 0.1) is 27.0 Å². The second-order valence-corrected chi connectivity index (χ2v) is 9.33. The first-order valence-corrected chi connectivity index (χ1v) is 11.8. The summed E-state index contributed by atoms with van der Waals surface area (Å²) in [6.07, 6.45) is 1.28. The van der Waals surface area contributed by atoms with Gasteiger partial charge in [0, 0.05) is 32.7 Å². The summed E-state index contributed by atoms with van der Waals surface area (Å²) < 4.78 is 7.98. The van der Waals surface area contributed by atoms with Crippen molar-refractivity contribution >= 4 is 60.4 Å². The lowest BCUT2D eigenvalue weighted by molar-refractivity contribution is -0.386. The van der Waals surface area contributed by atoms with Crippen LogP contribution in [0.5, 0.6) is 5.75 Å². The zero-order valence-corrected chi connectivity index (χ0v) is 21.6. The molecule has 0 aliphatic carbocycles. The van der Waals surface area contributed by atoms with Gasteiger partial charge in [-0.15, -0.1) is 0 Å². The molecule has 0 aliphatic rings. The molecule has 182 valence electrons. The highest BCUT2D eigenvalue weighted by atomic mass is 79.9. The first kappa shape index (κ1) is 25.1. The van der Waals surface area contributed by atoms with Gasteiger partial charge in [-0.1, -0.05) is 31.9 Å². The molecule has 1 aromatic heterocycles. The maximum atomic E-state index is 13.0. The average molecular weight is 617 g/mol. The van der Waals surface area contributed by atoms with Gasteiger partial charge in [-0.2, -0.15) is 9.78 Å². The van der Waals surface area contributed by atoms with E-state index in [2.05, 4.69) is 41.9 Å². The molecule has 0 bridgehead atoms. The molecule has 0 radical (unpaired) electrons. The van der Waals surface area contributed by atoms with Gasteiger partial charge in [0.2, 0.25) is 5.75 Å². The number of ether oxygens (including phenoxy) is 1. The Morgan fingerprint density at radius 1 is 1.03 bits per heavy atom. The monoisotopic (exact) mass is 615 g/mol. The van der Waals surface area contributed by atoms with Crippen LogP contribution in [0, 0.1) is 27.2 Å². The molecule has 0 aliphatic heterocycles. The zero-order valence-electron chi connectivity index (χ0n) is 18.4. The Kier molecular flexibility index (Phi) is 7.22. The number of non-ortho nitro benzene ring substituents is 1. The standard InChI is InChI=1S/C23H15Br2N5O6/c1-13-27-20-7-4-16(24)9-19(20)23(31)28(13)26-11-15-8-17(25)10-21(30(34)35)22(15)36-12-14-2-5-18(6-3-14)29(32)33/h2-11H,12H2,1H3. The summed E-state index contributed by atoms with van der Waals surface area (Å²) in [5.41, 5.74) is 0.497. The fraction of sp³-hybridized carbons (Fsp3) is 0.0870. The zero-order chi connectivity index (χ0) is 26.0. The fourth-order valence-electron chi connectivity index (χ4n) is 3.37. The minimum atomic E-state index is -0.597. The molecule has 4 aromatic rings. The van der Waals surface area contributed by atoms with Gasteiger partial charge in [-0.05, 0) is 48.9 Å². The molecule has 0 amide bonds. The summed E-state index contributed by atoms with van der Waals surface area (Å²) in [6.45, 7) is 1.53. The predicted octanol–water partition coefficient (Wildman–Crippen LogP) is 5.51. The Balaban J connectivity index is 1.74. The number of hydrogen-bond donors (Lipinski definition) is 0. The van der Waals surface area contributed by atoms with Crippen molar-refractivity contribution in [3.05, 3.63) is 111 Å². The third-order valence-corrected chi connectivity index (χ3v) is 6.02. The van der Waals surface area contributed by atoms with E-state index in [0.29, 0.717) is 31.2 Å². The summed E-state index contributed by atoms with van der Waals surface area (Å²) in [5.74, 6) is 0.247. The second kappa shape index (κ2) is 10.3. The maximum absolute atomic E-state index is 13.0. The van der Waals surface area contributed by atoms with Gasteiger partial charge in [-0.25, -0.2) is 4.98 Å². The SMILES string of the molecule is Cc1nc2ccc(Br)cc2c(=O)n1N=Cc1cc(Br)cc([N+](=O)[O-])c1OCc1ccc([N+](=O)[O-])cc1. The number of nitro benzene ring substituents is 2. The van der Waals surface area contributed by atoms with Crippen molar-refractivity contribution in [2.75, 3.05) is 0 Å². The van der Waals surface area contributed by atoms with Crippen molar-refractivity contribution in [1.29, 1.82) is 0 Å². The minimum absolute atomic E-state index is 0.0764. The molecule has 4 rings (SSSR count). The summed E-state index contributed by atoms with van der Waals surface area (Å²) in [4.78, 5) is 38.9. The quantitative estimate of drug-likeness (QED) is 0.151. The van der Waals surface area contributed by atoms with Crippen molar-refractivity contribution in [2.45, 2.75) is 13.5 Å². The lowest BCUT2D eigenvalue weighted by Gasteiger charge is -2.11. The number of hydrogen-bond acceptors (Lipinski definition) is 8. The largest absolute Gasteiger partial charge is 0.481 e. The van der Waals surface area contributed by atoms with Crippen LogP contribution in [-0.4, -0.2) is 25.7 Å². The van der Waals surface area contributed by atoms with Crippen molar-refractivity contribution in [3.63, 3.8) is 0 Å². The summed E-state index contributed by atoms with van der Waals surface area (Å²) in [5, 5.41) is 27.2. The van der Waals surface area contributed by atoms with Gasteiger partial charge >= 0.3 is 5.69 Å². The minimum Gasteiger partial charge on any atom is -0.481 e. The number of nitrogens with zero attached hydrogens (tertiary/aromatic N) is 5. The summed E-state index contributed by atoms with van der Waals surface area (Å²) in [7, 11) is 0. The van der Waals surface area contributed by atoms with E-state index in [1.807, 2.05) is 0 Å². The Labute approximate surface area is 219 Å². The maximum Gasteiger partial charge on any atom is 0.312 e. The molecule has 0 N–H and O–H groups in total. The first-order chi connectivity index (χ1) is 17.1. The van der Waals surface area contributed by atoms with Gasteiger partial charge < -0.3 is 4.74 Å². The number of aromatic nitrogens is 2. The van der Waals surface area contributed by atoms with E-state index in [0.717, 1.165) is 4.68 Å². The van der Waals surface area contributed by atoms with Crippen LogP contribution in [-0.2, 0) is 6.61 Å². The Hall–Kier alpha value is -3.97. The molecule has 0 fully saturated rings. The van der Waals surface area contributed by atoms with Crippen LogP contribution >= 0.6 is 31.9 Å². The topological polar surface area (TPSA) is 143 Å².